The first-order valence-electron chi connectivity index (χ1n) is 5.04. The number of hydrogen-bond acceptors (Lipinski definition) is 3. The van der Waals surface area contributed by atoms with Gasteiger partial charge in [0.25, 0.3) is 0 Å². The van der Waals surface area contributed by atoms with Crippen molar-refractivity contribution in [1.82, 2.24) is 10.2 Å². The number of aliphatic carboxylic acids is 1. The number of rotatable bonds is 3. The molecule has 1 aliphatic rings. The van der Waals surface area contributed by atoms with Gasteiger partial charge >= 0.3 is 12.0 Å². The van der Waals surface area contributed by atoms with E-state index >= 15 is 0 Å². The molecule has 0 saturated carbocycles. The molecule has 90 valence electrons. The molecule has 0 aliphatic carbocycles. The van der Waals surface area contributed by atoms with E-state index in [1.165, 1.54) is 4.90 Å². The molecule has 3 amide bonds. The van der Waals surface area contributed by atoms with Gasteiger partial charge in [-0.15, -0.1) is 0 Å². The summed E-state index contributed by atoms with van der Waals surface area (Å²) in [5.41, 5.74) is 4.88. The van der Waals surface area contributed by atoms with Gasteiger partial charge in [0.1, 0.15) is 0 Å². The Kier molecular flexibility index (Phi) is 4.10. The third-order valence-corrected chi connectivity index (χ3v) is 2.47. The molecule has 0 bridgehead atoms. The van der Waals surface area contributed by atoms with E-state index in [0.29, 0.717) is 19.4 Å². The fourth-order valence-electron chi connectivity index (χ4n) is 1.64. The standard InChI is InChI=1S/C9H15N3O4/c10-7(13)4-11-9(16)12-3-1-2-6(5-12)8(14)15/h6H,1-5H2,(H2,10,13)(H,11,16)(H,14,15)/t6-/m0/s1. The minimum Gasteiger partial charge on any atom is -0.481 e. The van der Waals surface area contributed by atoms with Gasteiger partial charge in [-0.2, -0.15) is 0 Å². The van der Waals surface area contributed by atoms with Crippen LogP contribution in [0.2, 0.25) is 0 Å². The van der Waals surface area contributed by atoms with Crippen molar-refractivity contribution < 1.29 is 19.5 Å². The summed E-state index contributed by atoms with van der Waals surface area (Å²) in [7, 11) is 0. The number of piperidine rings is 1. The highest BCUT2D eigenvalue weighted by atomic mass is 16.4. The predicted molar refractivity (Wildman–Crippen MR) is 54.5 cm³/mol. The van der Waals surface area contributed by atoms with Gasteiger partial charge in [-0.05, 0) is 12.8 Å². The minimum atomic E-state index is -0.896. The molecule has 0 aromatic rings. The number of nitrogens with zero attached hydrogens (tertiary/aromatic N) is 1. The summed E-state index contributed by atoms with van der Waals surface area (Å²) in [6.45, 7) is 0.460. The number of likely N-dealkylation sites (tertiary alicyclic amines) is 1. The summed E-state index contributed by atoms with van der Waals surface area (Å²) < 4.78 is 0. The highest BCUT2D eigenvalue weighted by Crippen LogP contribution is 2.16. The minimum absolute atomic E-state index is 0.180. The largest absolute Gasteiger partial charge is 0.481 e. The van der Waals surface area contributed by atoms with Crippen LogP contribution < -0.4 is 11.1 Å². The summed E-state index contributed by atoms with van der Waals surface area (Å²) >= 11 is 0. The maximum Gasteiger partial charge on any atom is 0.317 e. The molecule has 0 aromatic heterocycles. The lowest BCUT2D eigenvalue weighted by atomic mass is 9.99. The van der Waals surface area contributed by atoms with Crippen LogP contribution in [-0.2, 0) is 9.59 Å². The second-order valence-electron chi connectivity index (χ2n) is 3.75. The zero-order valence-corrected chi connectivity index (χ0v) is 8.81. The van der Waals surface area contributed by atoms with Gasteiger partial charge < -0.3 is 21.1 Å². The molecule has 7 heteroatoms. The molecule has 1 saturated heterocycles. The van der Waals surface area contributed by atoms with Crippen LogP contribution in [0.15, 0.2) is 0 Å². The molecule has 16 heavy (non-hydrogen) atoms. The molecule has 0 aromatic carbocycles. The number of urea groups is 1. The fourth-order valence-corrected chi connectivity index (χ4v) is 1.64. The Labute approximate surface area is 92.6 Å². The summed E-state index contributed by atoms with van der Waals surface area (Å²) in [5, 5.41) is 11.2. The highest BCUT2D eigenvalue weighted by molar-refractivity contribution is 5.83. The zero-order valence-electron chi connectivity index (χ0n) is 8.81. The van der Waals surface area contributed by atoms with E-state index < -0.39 is 23.8 Å². The first-order chi connectivity index (χ1) is 7.50. The molecule has 7 nitrogen and oxygen atoms in total. The number of nitrogens with two attached hydrogens (primary N) is 1. The molecular formula is C9H15N3O4. The lowest BCUT2D eigenvalue weighted by Gasteiger charge is -2.30. The maximum atomic E-state index is 11.5. The van der Waals surface area contributed by atoms with E-state index in [-0.39, 0.29) is 13.1 Å². The second kappa shape index (κ2) is 5.34. The van der Waals surface area contributed by atoms with Gasteiger partial charge in [-0.3, -0.25) is 9.59 Å². The Morgan fingerprint density at radius 2 is 2.12 bits per heavy atom. The van der Waals surface area contributed by atoms with Crippen LogP contribution in [0.3, 0.4) is 0 Å². The van der Waals surface area contributed by atoms with Crippen molar-refractivity contribution in [3.05, 3.63) is 0 Å². The van der Waals surface area contributed by atoms with Gasteiger partial charge in [0, 0.05) is 13.1 Å². The normalized spacial score (nSPS) is 20.2. The van der Waals surface area contributed by atoms with Crippen LogP contribution >= 0.6 is 0 Å². The lowest BCUT2D eigenvalue weighted by molar-refractivity contribution is -0.143. The van der Waals surface area contributed by atoms with Crippen molar-refractivity contribution in [1.29, 1.82) is 0 Å². The molecular weight excluding hydrogens is 214 g/mol. The maximum absolute atomic E-state index is 11.5. The van der Waals surface area contributed by atoms with Crippen LogP contribution in [0.25, 0.3) is 0 Å². The Morgan fingerprint density at radius 1 is 1.44 bits per heavy atom. The number of hydrogen-bond donors (Lipinski definition) is 3. The predicted octanol–water partition coefficient (Wildman–Crippen LogP) is -1.02. The summed E-state index contributed by atoms with van der Waals surface area (Å²) in [6.07, 6.45) is 1.23. The van der Waals surface area contributed by atoms with Crippen LogP contribution in [0, 0.1) is 5.92 Å². The van der Waals surface area contributed by atoms with Crippen LogP contribution in [0.1, 0.15) is 12.8 Å². The van der Waals surface area contributed by atoms with E-state index in [9.17, 15) is 14.4 Å². The first kappa shape index (κ1) is 12.3. The van der Waals surface area contributed by atoms with E-state index in [4.69, 9.17) is 10.8 Å². The van der Waals surface area contributed by atoms with Gasteiger partial charge in [0.05, 0.1) is 12.5 Å². The van der Waals surface area contributed by atoms with Gasteiger partial charge in [0.15, 0.2) is 0 Å². The van der Waals surface area contributed by atoms with E-state index in [1.54, 1.807) is 0 Å². The van der Waals surface area contributed by atoms with Crippen LogP contribution in [-0.4, -0.2) is 47.5 Å². The molecule has 0 spiro atoms. The van der Waals surface area contributed by atoms with E-state index in [0.717, 1.165) is 0 Å². The summed E-state index contributed by atoms with van der Waals surface area (Å²) in [4.78, 5) is 34.1. The van der Waals surface area contributed by atoms with E-state index in [1.807, 2.05) is 0 Å². The molecule has 0 radical (unpaired) electrons. The number of carboxylic acid groups (broad SMARTS) is 1. The molecule has 0 unspecified atom stereocenters. The Bertz CT molecular complexity index is 305. The van der Waals surface area contributed by atoms with Crippen LogP contribution in [0.5, 0.6) is 0 Å². The molecule has 1 rings (SSSR count). The van der Waals surface area contributed by atoms with Gasteiger partial charge in [0.2, 0.25) is 5.91 Å². The molecule has 1 atom stereocenters. The van der Waals surface area contributed by atoms with Crippen LogP contribution in [0.4, 0.5) is 4.79 Å². The molecule has 1 aliphatic heterocycles. The lowest BCUT2D eigenvalue weighted by Crippen LogP contribution is -2.48. The average molecular weight is 229 g/mol. The molecule has 4 N–H and O–H groups in total. The SMILES string of the molecule is NC(=O)CNC(=O)N1CCC[C@H](C(=O)O)C1. The van der Waals surface area contributed by atoms with Crippen molar-refractivity contribution in [2.75, 3.05) is 19.6 Å². The molecule has 1 heterocycles. The number of amides is 3. The van der Waals surface area contributed by atoms with Crippen molar-refractivity contribution >= 4 is 17.9 Å². The Balaban J connectivity index is 2.43. The van der Waals surface area contributed by atoms with Crippen molar-refractivity contribution in [3.8, 4) is 0 Å². The second-order valence-corrected chi connectivity index (χ2v) is 3.75. The quantitative estimate of drug-likeness (QED) is 0.574. The number of nitrogens with one attached hydrogen (secondary N) is 1. The summed E-state index contributed by atoms with van der Waals surface area (Å²) in [6, 6.07) is -0.440. The third-order valence-electron chi connectivity index (χ3n) is 2.47. The number of carboxylic acids is 1. The highest BCUT2D eigenvalue weighted by Gasteiger charge is 2.27. The number of carbonyl (C=O) groups excluding carboxylic acids is 2. The van der Waals surface area contributed by atoms with Gasteiger partial charge in [-0.1, -0.05) is 0 Å². The number of carbonyl (C=O) groups is 3. The monoisotopic (exact) mass is 229 g/mol. The molecule has 1 fully saturated rings. The van der Waals surface area contributed by atoms with E-state index in [2.05, 4.69) is 5.32 Å². The Morgan fingerprint density at radius 3 is 2.69 bits per heavy atom. The summed E-state index contributed by atoms with van der Waals surface area (Å²) in [5.74, 6) is -2.04. The van der Waals surface area contributed by atoms with Crippen molar-refractivity contribution in [2.45, 2.75) is 12.8 Å². The fraction of sp³-hybridized carbons (Fsp3) is 0.667. The number of primary amides is 1. The smallest absolute Gasteiger partial charge is 0.317 e. The topological polar surface area (TPSA) is 113 Å². The average Bonchev–Trinajstić information content (AvgIpc) is 2.26. The Hall–Kier alpha value is -1.79. The third kappa shape index (κ3) is 3.41. The first-order valence-corrected chi connectivity index (χ1v) is 5.04. The zero-order chi connectivity index (χ0) is 12.1. The van der Waals surface area contributed by atoms with Crippen molar-refractivity contribution in [2.24, 2.45) is 11.7 Å². The van der Waals surface area contributed by atoms with Crippen molar-refractivity contribution in [3.63, 3.8) is 0 Å². The van der Waals surface area contributed by atoms with Gasteiger partial charge in [-0.25, -0.2) is 4.79 Å².